The molecule has 0 rings (SSSR count). The summed E-state index contributed by atoms with van der Waals surface area (Å²) in [7, 11) is 0. The first-order chi connectivity index (χ1) is 10.7. The number of nitrogens with zero attached hydrogens (tertiary/aromatic N) is 1. The Balaban J connectivity index is -0.0000000227. The minimum Gasteiger partial charge on any atom is 0 e. The third-order valence-corrected chi connectivity index (χ3v) is 2.68. The first kappa shape index (κ1) is 49.5. The largest absolute Gasteiger partial charge is 0 e. The van der Waals surface area contributed by atoms with E-state index >= 15 is 0 Å². The van der Waals surface area contributed by atoms with Gasteiger partial charge in [-0.25, -0.2) is 0 Å². The van der Waals surface area contributed by atoms with Gasteiger partial charge in [-0.15, -0.1) is 0 Å². The van der Waals surface area contributed by atoms with Gasteiger partial charge in [-0.2, -0.15) is 4.70 Å². The van der Waals surface area contributed by atoms with Crippen molar-refractivity contribution in [3.8, 4) is 0 Å². The maximum absolute atomic E-state index is 7.50. The van der Waals surface area contributed by atoms with Crippen LogP contribution in [0.5, 0.6) is 0 Å². The van der Waals surface area contributed by atoms with Gasteiger partial charge in [0.1, 0.15) is 0 Å². The molecule has 0 radical (unpaired) electrons. The minimum absolute atomic E-state index is 0. The first-order valence-electron chi connectivity index (χ1n) is 5.59. The fraction of sp³-hybridized carbons (Fsp3) is 0.571. The SMILES string of the molecule is CC[N+](CC)(CC)CC.S=C[S-].[C-]#[O+].[C-]#[O+].[C-]#[O+].[C-]#[O+].[C-]#[O+].[W]. The molecule has 0 unspecified atom stereocenters. The number of quaternary nitrogens is 1. The fourth-order valence-corrected chi connectivity index (χ4v) is 1.34. The van der Waals surface area contributed by atoms with E-state index in [4.69, 9.17) is 23.3 Å². The molecule has 130 valence electrons. The van der Waals surface area contributed by atoms with Crippen molar-refractivity contribution in [2.75, 3.05) is 26.2 Å². The van der Waals surface area contributed by atoms with Crippen LogP contribution < -0.4 is 0 Å². The van der Waals surface area contributed by atoms with Crippen LogP contribution >= 0.6 is 12.2 Å². The molecule has 0 amide bonds. The summed E-state index contributed by atoms with van der Waals surface area (Å²) < 4.78 is 39.9. The third kappa shape index (κ3) is 61.6. The van der Waals surface area contributed by atoms with Gasteiger partial charge in [0.15, 0.2) is 0 Å². The Bertz CT molecular complexity index is 222. The van der Waals surface area contributed by atoms with Crippen molar-refractivity contribution in [2.45, 2.75) is 27.7 Å². The van der Waals surface area contributed by atoms with E-state index in [0.717, 1.165) is 0 Å². The third-order valence-electron chi connectivity index (χ3n) is 2.68. The molecule has 0 fully saturated rings. The fourth-order valence-electron chi connectivity index (χ4n) is 1.34. The number of hydrogen-bond donors (Lipinski definition) is 0. The van der Waals surface area contributed by atoms with E-state index in [0.29, 0.717) is 0 Å². The molecule has 0 aromatic rings. The Kier molecular flexibility index (Phi) is 175. The van der Waals surface area contributed by atoms with Crippen molar-refractivity contribution in [3.63, 3.8) is 0 Å². The molecule has 0 aromatic heterocycles. The Morgan fingerprint density at radius 3 is 0.783 bits per heavy atom. The molecule has 0 heterocycles. The Hall–Kier alpha value is -0.342. The standard InChI is InChI=1S/C8H20N.5CO.CH2S2.W/c1-5-9(6-2,7-3)8-4;5*1-2;2-1-3;/h5-8H2,1-4H3;;;;;;1H,(H,2,3);/q+1;;;;;;;/p-1. The van der Waals surface area contributed by atoms with E-state index < -0.39 is 0 Å². The predicted octanol–water partition coefficient (Wildman–Crippen LogP) is 2.18. The van der Waals surface area contributed by atoms with Gasteiger partial charge in [0.05, 0.1) is 26.2 Å². The molecule has 23 heavy (non-hydrogen) atoms. The molecule has 0 N–H and O–H groups in total. The van der Waals surface area contributed by atoms with E-state index in [1.807, 2.05) is 0 Å². The van der Waals surface area contributed by atoms with Gasteiger partial charge in [-0.3, -0.25) is 0 Å². The molecule has 0 atom stereocenters. The predicted molar refractivity (Wildman–Crippen MR) is 83.1 cm³/mol. The Morgan fingerprint density at radius 1 is 0.696 bits per heavy atom. The van der Waals surface area contributed by atoms with Crippen LogP contribution in [0.25, 0.3) is 0 Å². The molecular formula is C14H21NO5S2W. The molecule has 0 saturated carbocycles. The molecule has 0 aromatic carbocycles. The summed E-state index contributed by atoms with van der Waals surface area (Å²) in [5.74, 6) is 0. The Labute approximate surface area is 165 Å². The van der Waals surface area contributed by atoms with Crippen LogP contribution in [0.15, 0.2) is 0 Å². The van der Waals surface area contributed by atoms with Crippen molar-refractivity contribution in [1.29, 1.82) is 0 Å². The maximum Gasteiger partial charge on any atom is 0 e. The average Bonchev–Trinajstić information content (AvgIpc) is 2.66. The van der Waals surface area contributed by atoms with Gasteiger partial charge in [0.2, 0.25) is 0 Å². The molecule has 0 aliphatic carbocycles. The zero-order valence-electron chi connectivity index (χ0n) is 13.6. The molecule has 0 spiro atoms. The van der Waals surface area contributed by atoms with E-state index in [-0.39, 0.29) is 21.1 Å². The van der Waals surface area contributed by atoms with Crippen LogP contribution in [0, 0.1) is 33.3 Å². The van der Waals surface area contributed by atoms with E-state index in [1.165, 1.54) is 35.4 Å². The van der Waals surface area contributed by atoms with Gasteiger partial charge in [0, 0.05) is 21.1 Å². The Morgan fingerprint density at radius 2 is 0.783 bits per heavy atom. The number of hydrogen-bond acceptors (Lipinski definition) is 2. The summed E-state index contributed by atoms with van der Waals surface area (Å²) in [6.45, 7) is 36.7. The van der Waals surface area contributed by atoms with Crippen LogP contribution in [0.2, 0.25) is 0 Å². The van der Waals surface area contributed by atoms with Crippen LogP contribution in [0.1, 0.15) is 27.7 Å². The van der Waals surface area contributed by atoms with Crippen molar-refractivity contribution in [3.05, 3.63) is 33.3 Å². The molecule has 0 saturated heterocycles. The van der Waals surface area contributed by atoms with Gasteiger partial charge < -0.3 is 29.3 Å². The second-order valence-corrected chi connectivity index (χ2v) is 3.47. The second-order valence-electron chi connectivity index (χ2n) is 2.70. The second kappa shape index (κ2) is 81.4. The van der Waals surface area contributed by atoms with E-state index in [1.54, 1.807) is 0 Å². The maximum atomic E-state index is 7.50. The van der Waals surface area contributed by atoms with Crippen LogP contribution in [0.4, 0.5) is 0 Å². The van der Waals surface area contributed by atoms with Crippen molar-refractivity contribution >= 4 is 29.5 Å². The van der Waals surface area contributed by atoms with Gasteiger partial charge in [-0.1, -0.05) is 0 Å². The van der Waals surface area contributed by atoms with Crippen LogP contribution in [0.3, 0.4) is 0 Å². The van der Waals surface area contributed by atoms with Crippen molar-refractivity contribution in [1.82, 2.24) is 0 Å². The van der Waals surface area contributed by atoms with Crippen LogP contribution in [-0.4, -0.2) is 35.4 Å². The molecule has 6 nitrogen and oxygen atoms in total. The quantitative estimate of drug-likeness (QED) is 0.183. The molecule has 9 heteroatoms. The minimum atomic E-state index is 0. The van der Waals surface area contributed by atoms with Crippen LogP contribution in [-0.2, 0) is 57.0 Å². The van der Waals surface area contributed by atoms with E-state index in [2.05, 4.69) is 85.8 Å². The topological polar surface area (TPSA) is 99.5 Å². The van der Waals surface area contributed by atoms with Gasteiger partial charge in [0.25, 0.3) is 0 Å². The molecule has 0 aliphatic heterocycles. The summed E-state index contributed by atoms with van der Waals surface area (Å²) in [6.07, 6.45) is 0. The zero-order valence-corrected chi connectivity index (χ0v) is 18.2. The molecular weight excluding hydrogens is 510 g/mol. The van der Waals surface area contributed by atoms with Gasteiger partial charge >= 0.3 is 56.5 Å². The van der Waals surface area contributed by atoms with E-state index in [9.17, 15) is 0 Å². The monoisotopic (exact) mass is 531 g/mol. The van der Waals surface area contributed by atoms with Crippen molar-refractivity contribution in [2.24, 2.45) is 0 Å². The first-order valence-corrected chi connectivity index (χ1v) is 6.53. The summed E-state index contributed by atoms with van der Waals surface area (Å²) >= 11 is 8.17. The molecule has 0 bridgehead atoms. The number of thiocarbonyl (C=S) groups is 1. The molecule has 0 aliphatic rings. The summed E-state index contributed by atoms with van der Waals surface area (Å²) in [4.78, 5) is 0. The smallest absolute Gasteiger partial charge is 0 e. The summed E-state index contributed by atoms with van der Waals surface area (Å²) in [5, 5.41) is 0. The zero-order chi connectivity index (χ0) is 20.0. The van der Waals surface area contributed by atoms with Crippen molar-refractivity contribution < 1.29 is 48.8 Å². The number of rotatable bonds is 4. The van der Waals surface area contributed by atoms with Gasteiger partial charge in [-0.05, 0) is 27.7 Å². The average molecular weight is 531 g/mol. The normalized spacial score (nSPS) is 5.65. The summed E-state index contributed by atoms with van der Waals surface area (Å²) in [5.41, 5.74) is 0. The summed E-state index contributed by atoms with van der Waals surface area (Å²) in [6, 6.07) is 0.